The van der Waals surface area contributed by atoms with Gasteiger partial charge in [-0.1, -0.05) is 0 Å². The van der Waals surface area contributed by atoms with Crippen molar-refractivity contribution < 1.29 is 9.18 Å². The summed E-state index contributed by atoms with van der Waals surface area (Å²) in [5, 5.41) is 14.7. The standard InChI is InChI=1S/C24H17FN6OS/c1-33-20-14-28-24(31-21(20)19-3-2-12-27-22(19)25)30-18-10-6-16(7-11-18)23(32)29-17-8-4-15(13-26)5-9-17/h2-12,14H,1H3,(H,29,32)(H,28,30,31). The molecule has 7 nitrogen and oxygen atoms in total. The maximum absolute atomic E-state index is 14.2. The van der Waals surface area contributed by atoms with Gasteiger partial charge >= 0.3 is 0 Å². The van der Waals surface area contributed by atoms with Crippen molar-refractivity contribution in [3.05, 3.63) is 90.1 Å². The van der Waals surface area contributed by atoms with Gasteiger partial charge in [-0.15, -0.1) is 11.8 Å². The van der Waals surface area contributed by atoms with E-state index in [1.54, 1.807) is 66.9 Å². The Morgan fingerprint density at radius 1 is 1.03 bits per heavy atom. The van der Waals surface area contributed by atoms with E-state index in [1.165, 1.54) is 18.0 Å². The van der Waals surface area contributed by atoms with Crippen molar-refractivity contribution in [3.8, 4) is 17.3 Å². The van der Waals surface area contributed by atoms with Crippen molar-refractivity contribution in [2.75, 3.05) is 16.9 Å². The van der Waals surface area contributed by atoms with E-state index in [0.717, 1.165) is 4.90 Å². The number of aromatic nitrogens is 3. The van der Waals surface area contributed by atoms with Gasteiger partial charge in [-0.25, -0.2) is 15.0 Å². The first-order chi connectivity index (χ1) is 16.1. The Labute approximate surface area is 193 Å². The molecule has 9 heteroatoms. The van der Waals surface area contributed by atoms with E-state index in [4.69, 9.17) is 5.26 Å². The lowest BCUT2D eigenvalue weighted by atomic mass is 10.1. The van der Waals surface area contributed by atoms with E-state index >= 15 is 0 Å². The number of benzene rings is 2. The van der Waals surface area contributed by atoms with Gasteiger partial charge in [-0.2, -0.15) is 9.65 Å². The molecule has 4 aromatic rings. The largest absolute Gasteiger partial charge is 0.324 e. The molecule has 0 saturated heterocycles. The summed E-state index contributed by atoms with van der Waals surface area (Å²) in [5.74, 6) is -0.586. The normalized spacial score (nSPS) is 10.3. The second-order valence-corrected chi connectivity index (χ2v) is 7.65. The molecule has 0 spiro atoms. The van der Waals surface area contributed by atoms with Crippen LogP contribution in [0.1, 0.15) is 15.9 Å². The zero-order chi connectivity index (χ0) is 23.2. The molecule has 0 radical (unpaired) electrons. The summed E-state index contributed by atoms with van der Waals surface area (Å²) in [6.45, 7) is 0. The van der Waals surface area contributed by atoms with Crippen molar-refractivity contribution >= 4 is 35.0 Å². The lowest BCUT2D eigenvalue weighted by molar-refractivity contribution is 0.102. The number of hydrogen-bond donors (Lipinski definition) is 2. The van der Waals surface area contributed by atoms with E-state index in [1.807, 2.05) is 12.3 Å². The van der Waals surface area contributed by atoms with Gasteiger partial charge in [0.1, 0.15) is 0 Å². The predicted octanol–water partition coefficient (Wildman–Crippen LogP) is 5.27. The number of nitrogens with one attached hydrogen (secondary N) is 2. The van der Waals surface area contributed by atoms with Crippen molar-refractivity contribution in [3.63, 3.8) is 0 Å². The van der Waals surface area contributed by atoms with E-state index in [-0.39, 0.29) is 5.91 Å². The number of carbonyl (C=O) groups is 1. The zero-order valence-corrected chi connectivity index (χ0v) is 18.2. The van der Waals surface area contributed by atoms with Gasteiger partial charge in [-0.05, 0) is 66.9 Å². The molecular weight excluding hydrogens is 439 g/mol. The molecule has 0 bridgehead atoms. The van der Waals surface area contributed by atoms with Crippen LogP contribution in [0.3, 0.4) is 0 Å². The Kier molecular flexibility index (Phi) is 6.57. The molecule has 0 fully saturated rings. The average Bonchev–Trinajstić information content (AvgIpc) is 2.85. The van der Waals surface area contributed by atoms with Crippen molar-refractivity contribution in [2.24, 2.45) is 0 Å². The molecule has 2 aromatic heterocycles. The van der Waals surface area contributed by atoms with Gasteiger partial charge in [-0.3, -0.25) is 4.79 Å². The first kappa shape index (κ1) is 21.9. The molecule has 0 unspecified atom stereocenters. The summed E-state index contributed by atoms with van der Waals surface area (Å²) in [6, 6.07) is 18.7. The molecule has 0 atom stereocenters. The molecule has 162 valence electrons. The summed E-state index contributed by atoms with van der Waals surface area (Å²) < 4.78 is 14.2. The lowest BCUT2D eigenvalue weighted by Gasteiger charge is -2.11. The van der Waals surface area contributed by atoms with Crippen LogP contribution in [0, 0.1) is 17.3 Å². The Morgan fingerprint density at radius 3 is 2.42 bits per heavy atom. The maximum atomic E-state index is 14.2. The number of amides is 1. The summed E-state index contributed by atoms with van der Waals surface area (Å²) in [5.41, 5.74) is 2.98. The summed E-state index contributed by atoms with van der Waals surface area (Å²) >= 11 is 1.41. The first-order valence-corrected chi connectivity index (χ1v) is 11.0. The van der Waals surface area contributed by atoms with Crippen LogP contribution in [0.5, 0.6) is 0 Å². The minimum Gasteiger partial charge on any atom is -0.324 e. The van der Waals surface area contributed by atoms with Gasteiger partial charge in [0.25, 0.3) is 5.91 Å². The lowest BCUT2D eigenvalue weighted by Crippen LogP contribution is -2.11. The SMILES string of the molecule is CSc1cnc(Nc2ccc(C(=O)Nc3ccc(C#N)cc3)cc2)nc1-c1cccnc1F. The number of nitriles is 1. The minimum absolute atomic E-state index is 0.277. The van der Waals surface area contributed by atoms with Gasteiger partial charge in [0.2, 0.25) is 11.9 Å². The van der Waals surface area contributed by atoms with Crippen molar-refractivity contribution in [1.82, 2.24) is 15.0 Å². The topological polar surface area (TPSA) is 104 Å². The van der Waals surface area contributed by atoms with Gasteiger partial charge in [0, 0.05) is 29.3 Å². The van der Waals surface area contributed by atoms with Crippen LogP contribution in [-0.2, 0) is 0 Å². The number of thioether (sulfide) groups is 1. The van der Waals surface area contributed by atoms with Crippen LogP contribution in [0.2, 0.25) is 0 Å². The third-order valence-electron chi connectivity index (χ3n) is 4.66. The average molecular weight is 457 g/mol. The highest BCUT2D eigenvalue weighted by molar-refractivity contribution is 7.98. The second kappa shape index (κ2) is 9.89. The highest BCUT2D eigenvalue weighted by Gasteiger charge is 2.14. The number of carbonyl (C=O) groups excluding carboxylic acids is 1. The molecular formula is C24H17FN6OS. The van der Waals surface area contributed by atoms with Gasteiger partial charge in [0.15, 0.2) is 0 Å². The number of anilines is 3. The highest BCUT2D eigenvalue weighted by atomic mass is 32.2. The van der Waals surface area contributed by atoms with Gasteiger partial charge in [0.05, 0.1) is 27.8 Å². The van der Waals surface area contributed by atoms with Crippen molar-refractivity contribution in [1.29, 1.82) is 5.26 Å². The van der Waals surface area contributed by atoms with Crippen molar-refractivity contribution in [2.45, 2.75) is 4.90 Å². The predicted molar refractivity (Wildman–Crippen MR) is 126 cm³/mol. The second-order valence-electron chi connectivity index (χ2n) is 6.80. The molecule has 4 rings (SSSR count). The van der Waals surface area contributed by atoms with Gasteiger partial charge < -0.3 is 10.6 Å². The first-order valence-electron chi connectivity index (χ1n) is 9.78. The molecule has 0 aliphatic rings. The number of pyridine rings is 1. The summed E-state index contributed by atoms with van der Waals surface area (Å²) in [7, 11) is 0. The molecule has 2 aromatic carbocycles. The maximum Gasteiger partial charge on any atom is 0.255 e. The fourth-order valence-corrected chi connectivity index (χ4v) is 3.51. The van der Waals surface area contributed by atoms with E-state index < -0.39 is 5.95 Å². The monoisotopic (exact) mass is 456 g/mol. The van der Waals surface area contributed by atoms with E-state index in [2.05, 4.69) is 25.6 Å². The smallest absolute Gasteiger partial charge is 0.255 e. The van der Waals surface area contributed by atoms with Crippen LogP contribution in [0.4, 0.5) is 21.7 Å². The molecule has 1 amide bonds. The zero-order valence-electron chi connectivity index (χ0n) is 17.4. The Balaban J connectivity index is 1.50. The summed E-state index contributed by atoms with van der Waals surface area (Å²) in [6.07, 6.45) is 4.88. The van der Waals surface area contributed by atoms with Crippen LogP contribution < -0.4 is 10.6 Å². The Hall–Kier alpha value is -4.29. The Bertz CT molecular complexity index is 1340. The summed E-state index contributed by atoms with van der Waals surface area (Å²) in [4.78, 5) is 25.7. The highest BCUT2D eigenvalue weighted by Crippen LogP contribution is 2.30. The van der Waals surface area contributed by atoms with E-state index in [9.17, 15) is 9.18 Å². The molecule has 0 aliphatic heterocycles. The molecule has 2 N–H and O–H groups in total. The van der Waals surface area contributed by atoms with Crippen LogP contribution in [-0.4, -0.2) is 27.1 Å². The molecule has 2 heterocycles. The molecule has 0 aliphatic carbocycles. The van der Waals surface area contributed by atoms with E-state index in [0.29, 0.717) is 39.7 Å². The number of nitrogens with zero attached hydrogens (tertiary/aromatic N) is 4. The van der Waals surface area contributed by atoms with Crippen LogP contribution in [0.25, 0.3) is 11.3 Å². The van der Waals surface area contributed by atoms with Crippen LogP contribution >= 0.6 is 11.8 Å². The third kappa shape index (κ3) is 5.14. The number of rotatable bonds is 6. The van der Waals surface area contributed by atoms with Crippen LogP contribution in [0.15, 0.2) is 78.0 Å². The molecule has 33 heavy (non-hydrogen) atoms. The quantitative estimate of drug-likeness (QED) is 0.301. The minimum atomic E-state index is -0.602. The Morgan fingerprint density at radius 2 is 1.76 bits per heavy atom. The third-order valence-corrected chi connectivity index (χ3v) is 5.40. The number of halogens is 1. The number of hydrogen-bond acceptors (Lipinski definition) is 7. The fourth-order valence-electron chi connectivity index (χ4n) is 3.00. The fraction of sp³-hybridized carbons (Fsp3) is 0.0417. The molecule has 0 saturated carbocycles.